The predicted octanol–water partition coefficient (Wildman–Crippen LogP) is 3.48. The number of hydroxylamine groups is 2. The van der Waals surface area contributed by atoms with Gasteiger partial charge in [0.05, 0.1) is 38.6 Å². The van der Waals surface area contributed by atoms with E-state index in [2.05, 4.69) is 5.32 Å². The molecule has 7 heteroatoms. The number of nitrogens with one attached hydrogen (secondary N) is 1. The molecule has 7 nitrogen and oxygen atoms in total. The van der Waals surface area contributed by atoms with Crippen molar-refractivity contribution in [3.05, 3.63) is 108 Å². The number of hydrogen-bond acceptors (Lipinski definition) is 6. The molecule has 0 aliphatic carbocycles. The molecule has 0 bridgehead atoms. The van der Waals surface area contributed by atoms with Gasteiger partial charge < -0.3 is 4.74 Å². The predicted molar refractivity (Wildman–Crippen MR) is 132 cm³/mol. The lowest BCUT2D eigenvalue weighted by Crippen LogP contribution is -2.53. The van der Waals surface area contributed by atoms with Crippen molar-refractivity contribution >= 4 is 17.7 Å². The van der Waals surface area contributed by atoms with Gasteiger partial charge in [-0.05, 0) is 16.7 Å². The molecule has 1 unspecified atom stereocenters. The van der Waals surface area contributed by atoms with Crippen molar-refractivity contribution in [2.24, 2.45) is 0 Å². The van der Waals surface area contributed by atoms with Gasteiger partial charge in [-0.25, -0.2) is 5.06 Å². The number of carbonyl (C=O) groups is 3. The monoisotopic (exact) mass is 474 g/mol. The number of methoxy groups -OCH3 is 1. The summed E-state index contributed by atoms with van der Waals surface area (Å²) in [5.41, 5.74) is 1.63. The quantitative estimate of drug-likeness (QED) is 0.198. The van der Waals surface area contributed by atoms with E-state index in [4.69, 9.17) is 9.57 Å². The van der Waals surface area contributed by atoms with Gasteiger partial charge in [0.1, 0.15) is 0 Å². The third-order valence-electron chi connectivity index (χ3n) is 5.95. The molecule has 3 aromatic carbocycles. The standard InChI is InChI=1S/C28H30N2O5/c1-30(35-3)26(32)20-25(31)24(19-27(33)34-2)29-28(21-13-7-4-8-14-21,22-15-9-5-10-16-22)23-17-11-6-12-18-23/h4-18,24,29H,19-20H2,1-3H3. The number of ketones is 1. The number of carbonyl (C=O) groups excluding carboxylic acids is 3. The van der Waals surface area contributed by atoms with E-state index in [0.717, 1.165) is 21.8 Å². The Morgan fingerprint density at radius 1 is 0.800 bits per heavy atom. The number of nitrogens with zero attached hydrogens (tertiary/aromatic N) is 1. The molecule has 3 aromatic rings. The van der Waals surface area contributed by atoms with Crippen LogP contribution in [0.2, 0.25) is 0 Å². The maximum Gasteiger partial charge on any atom is 0.307 e. The zero-order valence-electron chi connectivity index (χ0n) is 20.1. The lowest BCUT2D eigenvalue weighted by Gasteiger charge is -2.39. The molecule has 1 N–H and O–H groups in total. The van der Waals surface area contributed by atoms with Crippen molar-refractivity contribution < 1.29 is 24.0 Å². The first-order chi connectivity index (χ1) is 16.9. The Morgan fingerprint density at radius 2 is 1.23 bits per heavy atom. The summed E-state index contributed by atoms with van der Waals surface area (Å²) in [6.07, 6.45) is -0.680. The number of ether oxygens (including phenoxy) is 1. The van der Waals surface area contributed by atoms with Crippen LogP contribution in [0.15, 0.2) is 91.0 Å². The highest BCUT2D eigenvalue weighted by Gasteiger charge is 2.40. The molecule has 3 rings (SSSR count). The van der Waals surface area contributed by atoms with Crippen LogP contribution in [0.3, 0.4) is 0 Å². The molecule has 35 heavy (non-hydrogen) atoms. The summed E-state index contributed by atoms with van der Waals surface area (Å²) in [6, 6.07) is 28.1. The molecule has 0 aromatic heterocycles. The molecule has 1 amide bonds. The van der Waals surface area contributed by atoms with E-state index in [9.17, 15) is 14.4 Å². The summed E-state index contributed by atoms with van der Waals surface area (Å²) in [5.74, 6) is -1.53. The van der Waals surface area contributed by atoms with E-state index in [0.29, 0.717) is 0 Å². The van der Waals surface area contributed by atoms with Crippen molar-refractivity contribution in [2.75, 3.05) is 21.3 Å². The van der Waals surface area contributed by atoms with E-state index in [1.807, 2.05) is 91.0 Å². The Morgan fingerprint density at radius 3 is 1.60 bits per heavy atom. The highest BCUT2D eigenvalue weighted by molar-refractivity contribution is 6.01. The molecule has 182 valence electrons. The van der Waals surface area contributed by atoms with Crippen LogP contribution in [0.1, 0.15) is 29.5 Å². The summed E-state index contributed by atoms with van der Waals surface area (Å²) < 4.78 is 4.88. The van der Waals surface area contributed by atoms with Crippen LogP contribution >= 0.6 is 0 Å². The number of Topliss-reactive ketones (excluding diaryl/α,β-unsaturated/α-hetero) is 1. The lowest BCUT2D eigenvalue weighted by atomic mass is 9.76. The van der Waals surface area contributed by atoms with Crippen LogP contribution in [-0.2, 0) is 29.5 Å². The highest BCUT2D eigenvalue weighted by Crippen LogP contribution is 2.37. The third kappa shape index (κ3) is 6.01. The van der Waals surface area contributed by atoms with Gasteiger partial charge in [-0.1, -0.05) is 91.0 Å². The molecule has 0 aliphatic heterocycles. The Labute approximate surface area is 205 Å². The van der Waals surface area contributed by atoms with E-state index < -0.39 is 35.7 Å². The molecule has 0 spiro atoms. The SMILES string of the molecule is COC(=O)CC(NC(c1ccccc1)(c1ccccc1)c1ccccc1)C(=O)CC(=O)N(C)OC. The fraction of sp³-hybridized carbons (Fsp3) is 0.250. The molecule has 0 aliphatic rings. The maximum atomic E-state index is 13.4. The van der Waals surface area contributed by atoms with Crippen LogP contribution < -0.4 is 5.32 Å². The lowest BCUT2D eigenvalue weighted by molar-refractivity contribution is -0.169. The number of rotatable bonds is 11. The van der Waals surface area contributed by atoms with Gasteiger partial charge in [0.2, 0.25) is 0 Å². The van der Waals surface area contributed by atoms with Gasteiger partial charge in [0, 0.05) is 7.05 Å². The minimum Gasteiger partial charge on any atom is -0.469 e. The fourth-order valence-corrected chi connectivity index (χ4v) is 4.06. The summed E-state index contributed by atoms with van der Waals surface area (Å²) in [4.78, 5) is 43.2. The van der Waals surface area contributed by atoms with Crippen LogP contribution in [0.25, 0.3) is 0 Å². The summed E-state index contributed by atoms with van der Waals surface area (Å²) >= 11 is 0. The highest BCUT2D eigenvalue weighted by atomic mass is 16.7. The average molecular weight is 475 g/mol. The Bertz CT molecular complexity index is 1020. The van der Waals surface area contributed by atoms with Crippen molar-refractivity contribution in [1.29, 1.82) is 0 Å². The zero-order valence-corrected chi connectivity index (χ0v) is 20.1. The molecule has 0 radical (unpaired) electrons. The first kappa shape index (κ1) is 25.8. The first-order valence-electron chi connectivity index (χ1n) is 11.3. The second-order valence-corrected chi connectivity index (χ2v) is 8.04. The summed E-state index contributed by atoms with van der Waals surface area (Å²) in [5, 5.41) is 4.47. The third-order valence-corrected chi connectivity index (χ3v) is 5.95. The topological polar surface area (TPSA) is 84.9 Å². The Balaban J connectivity index is 2.17. The molecule has 1 atom stereocenters. The second-order valence-electron chi connectivity index (χ2n) is 8.04. The average Bonchev–Trinajstić information content (AvgIpc) is 2.91. The molecular weight excluding hydrogens is 444 g/mol. The van der Waals surface area contributed by atoms with Crippen LogP contribution in [0.5, 0.6) is 0 Å². The number of esters is 1. The number of amides is 1. The number of benzene rings is 3. The van der Waals surface area contributed by atoms with E-state index in [1.165, 1.54) is 21.3 Å². The summed E-state index contributed by atoms with van der Waals surface area (Å²) in [6.45, 7) is 0. The van der Waals surface area contributed by atoms with Gasteiger partial charge in [0.15, 0.2) is 5.78 Å². The van der Waals surface area contributed by atoms with Crippen molar-refractivity contribution in [3.63, 3.8) is 0 Å². The smallest absolute Gasteiger partial charge is 0.307 e. The molecule has 0 heterocycles. The largest absolute Gasteiger partial charge is 0.469 e. The minimum atomic E-state index is -1.02. The minimum absolute atomic E-state index is 0.242. The van der Waals surface area contributed by atoms with E-state index in [1.54, 1.807) is 0 Å². The van der Waals surface area contributed by atoms with E-state index >= 15 is 0 Å². The Hall–Kier alpha value is -3.81. The van der Waals surface area contributed by atoms with Gasteiger partial charge in [-0.3, -0.25) is 24.5 Å². The molecule has 0 saturated carbocycles. The van der Waals surface area contributed by atoms with Crippen LogP contribution in [0, 0.1) is 0 Å². The van der Waals surface area contributed by atoms with Gasteiger partial charge in [0.25, 0.3) is 5.91 Å². The van der Waals surface area contributed by atoms with Crippen molar-refractivity contribution in [3.8, 4) is 0 Å². The number of hydrogen-bond donors (Lipinski definition) is 1. The second kappa shape index (κ2) is 12.1. The molecule has 0 saturated heterocycles. The first-order valence-corrected chi connectivity index (χ1v) is 11.3. The normalized spacial score (nSPS) is 12.0. The molecular formula is C28H30N2O5. The fourth-order valence-electron chi connectivity index (χ4n) is 4.06. The van der Waals surface area contributed by atoms with Crippen molar-refractivity contribution in [1.82, 2.24) is 10.4 Å². The van der Waals surface area contributed by atoms with E-state index in [-0.39, 0.29) is 6.42 Å². The van der Waals surface area contributed by atoms with Crippen LogP contribution in [0.4, 0.5) is 0 Å². The Kier molecular flexibility index (Phi) is 8.89. The van der Waals surface area contributed by atoms with Gasteiger partial charge in [-0.2, -0.15) is 0 Å². The van der Waals surface area contributed by atoms with Gasteiger partial charge in [-0.15, -0.1) is 0 Å². The molecule has 0 fully saturated rings. The summed E-state index contributed by atoms with van der Waals surface area (Å²) in [7, 11) is 4.05. The van der Waals surface area contributed by atoms with Crippen molar-refractivity contribution in [2.45, 2.75) is 24.4 Å². The zero-order chi connectivity index (χ0) is 25.3. The maximum absolute atomic E-state index is 13.4. The van der Waals surface area contributed by atoms with Crippen LogP contribution in [-0.4, -0.2) is 50.0 Å². The van der Waals surface area contributed by atoms with Gasteiger partial charge >= 0.3 is 5.97 Å².